The van der Waals surface area contributed by atoms with Gasteiger partial charge in [0.25, 0.3) is 0 Å². The predicted molar refractivity (Wildman–Crippen MR) is 50.4 cm³/mol. The molecule has 0 aliphatic heterocycles. The van der Waals surface area contributed by atoms with E-state index in [1.54, 1.807) is 12.1 Å². The summed E-state index contributed by atoms with van der Waals surface area (Å²) in [6, 6.07) is 3.16. The lowest BCUT2D eigenvalue weighted by molar-refractivity contribution is 0.607. The van der Waals surface area contributed by atoms with E-state index >= 15 is 0 Å². The van der Waals surface area contributed by atoms with Gasteiger partial charge in [-0.25, -0.2) is 13.4 Å². The topological polar surface area (TPSA) is 59.1 Å². The zero-order valence-electron chi connectivity index (χ0n) is 6.28. The first-order chi connectivity index (χ1) is 5.47. The van der Waals surface area contributed by atoms with Crippen molar-refractivity contribution < 1.29 is 8.42 Å². The van der Waals surface area contributed by atoms with Gasteiger partial charge in [0.2, 0.25) is 10.0 Å². The molecule has 1 rings (SSSR count). The van der Waals surface area contributed by atoms with Crippen LogP contribution in [-0.4, -0.2) is 19.7 Å². The van der Waals surface area contributed by atoms with Crippen molar-refractivity contribution in [1.82, 2.24) is 4.98 Å². The number of pyridine rings is 1. The lowest BCUT2D eigenvalue weighted by Crippen LogP contribution is -2.09. The van der Waals surface area contributed by atoms with Crippen LogP contribution in [0.3, 0.4) is 0 Å². The van der Waals surface area contributed by atoms with Crippen LogP contribution in [0.25, 0.3) is 0 Å². The van der Waals surface area contributed by atoms with E-state index in [0.717, 1.165) is 6.26 Å². The summed E-state index contributed by atoms with van der Waals surface area (Å²) in [6.45, 7) is 0. The van der Waals surface area contributed by atoms with E-state index in [9.17, 15) is 8.42 Å². The summed E-state index contributed by atoms with van der Waals surface area (Å²) in [5.41, 5.74) is 0.499. The van der Waals surface area contributed by atoms with Crippen molar-refractivity contribution in [2.24, 2.45) is 0 Å². The Morgan fingerprint density at radius 1 is 1.58 bits per heavy atom. The van der Waals surface area contributed by atoms with Crippen LogP contribution in [0.1, 0.15) is 0 Å². The Morgan fingerprint density at radius 3 is 2.75 bits per heavy atom. The largest absolute Gasteiger partial charge is 0.284 e. The molecule has 1 N–H and O–H groups in total. The monoisotopic (exact) mass is 250 g/mol. The molecule has 0 aliphatic carbocycles. The van der Waals surface area contributed by atoms with Crippen molar-refractivity contribution in [1.29, 1.82) is 0 Å². The molecule has 0 saturated heterocycles. The molecule has 4 nitrogen and oxygen atoms in total. The summed E-state index contributed by atoms with van der Waals surface area (Å²) in [7, 11) is -3.19. The lowest BCUT2D eigenvalue weighted by atomic mass is 10.4. The molecule has 0 aromatic carbocycles. The molecule has 0 radical (unpaired) electrons. The van der Waals surface area contributed by atoms with E-state index in [1.165, 1.54) is 6.20 Å². The zero-order chi connectivity index (χ0) is 9.19. The molecule has 0 fully saturated rings. The second kappa shape index (κ2) is 3.40. The van der Waals surface area contributed by atoms with Gasteiger partial charge < -0.3 is 0 Å². The summed E-state index contributed by atoms with van der Waals surface area (Å²) < 4.78 is 24.4. The summed E-state index contributed by atoms with van der Waals surface area (Å²) in [6.07, 6.45) is 2.61. The van der Waals surface area contributed by atoms with Crippen LogP contribution >= 0.6 is 15.9 Å². The second-order valence-corrected chi connectivity index (χ2v) is 4.80. The van der Waals surface area contributed by atoms with Crippen LogP contribution in [0.5, 0.6) is 0 Å². The Balaban J connectivity index is 2.91. The third-order valence-corrected chi connectivity index (χ3v) is 2.07. The molecule has 0 unspecified atom stereocenters. The van der Waals surface area contributed by atoms with Gasteiger partial charge in [-0.15, -0.1) is 0 Å². The SMILES string of the molecule is CS(=O)(=O)Nc1ccnc(Br)c1. The molecule has 0 saturated carbocycles. The van der Waals surface area contributed by atoms with E-state index in [0.29, 0.717) is 10.3 Å². The number of sulfonamides is 1. The van der Waals surface area contributed by atoms with E-state index in [4.69, 9.17) is 0 Å². The van der Waals surface area contributed by atoms with Crippen LogP contribution in [0.4, 0.5) is 5.69 Å². The highest BCUT2D eigenvalue weighted by molar-refractivity contribution is 9.10. The maximum Gasteiger partial charge on any atom is 0.229 e. The third-order valence-electron chi connectivity index (χ3n) is 1.03. The van der Waals surface area contributed by atoms with E-state index in [2.05, 4.69) is 25.6 Å². The van der Waals surface area contributed by atoms with E-state index in [-0.39, 0.29) is 0 Å². The smallest absolute Gasteiger partial charge is 0.229 e. The Hall–Kier alpha value is -0.620. The molecular formula is C6H7BrN2O2S. The number of hydrogen-bond donors (Lipinski definition) is 1. The van der Waals surface area contributed by atoms with Gasteiger partial charge in [-0.05, 0) is 28.1 Å². The summed E-state index contributed by atoms with van der Waals surface area (Å²) in [5.74, 6) is 0. The minimum absolute atomic E-state index is 0.499. The van der Waals surface area contributed by atoms with E-state index in [1.807, 2.05) is 0 Å². The Morgan fingerprint density at radius 2 is 2.25 bits per heavy atom. The van der Waals surface area contributed by atoms with Crippen molar-refractivity contribution in [2.75, 3.05) is 11.0 Å². The first-order valence-corrected chi connectivity index (χ1v) is 5.75. The van der Waals surface area contributed by atoms with Crippen molar-refractivity contribution in [3.05, 3.63) is 22.9 Å². The van der Waals surface area contributed by atoms with Gasteiger partial charge in [-0.3, -0.25) is 4.72 Å². The van der Waals surface area contributed by atoms with Crippen LogP contribution in [-0.2, 0) is 10.0 Å². The van der Waals surface area contributed by atoms with Gasteiger partial charge in [0, 0.05) is 6.20 Å². The molecule has 12 heavy (non-hydrogen) atoms. The number of halogens is 1. The van der Waals surface area contributed by atoms with Crippen molar-refractivity contribution >= 4 is 31.6 Å². The molecule has 0 bridgehead atoms. The van der Waals surface area contributed by atoms with Crippen LogP contribution < -0.4 is 4.72 Å². The molecule has 0 amide bonds. The normalized spacial score (nSPS) is 11.2. The van der Waals surface area contributed by atoms with Crippen LogP contribution in [0.2, 0.25) is 0 Å². The summed E-state index contributed by atoms with van der Waals surface area (Å²) in [4.78, 5) is 3.85. The van der Waals surface area contributed by atoms with Gasteiger partial charge in [0.05, 0.1) is 11.9 Å². The van der Waals surface area contributed by atoms with Crippen molar-refractivity contribution in [3.8, 4) is 0 Å². The highest BCUT2D eigenvalue weighted by atomic mass is 79.9. The Kier molecular flexibility index (Phi) is 2.69. The molecular weight excluding hydrogens is 244 g/mol. The number of anilines is 1. The van der Waals surface area contributed by atoms with Gasteiger partial charge in [-0.2, -0.15) is 0 Å². The second-order valence-electron chi connectivity index (χ2n) is 2.24. The number of nitrogens with one attached hydrogen (secondary N) is 1. The maximum absolute atomic E-state index is 10.8. The number of rotatable bonds is 2. The van der Waals surface area contributed by atoms with Gasteiger partial charge in [0.1, 0.15) is 4.60 Å². The molecule has 0 atom stereocenters. The first kappa shape index (κ1) is 9.47. The minimum Gasteiger partial charge on any atom is -0.284 e. The first-order valence-electron chi connectivity index (χ1n) is 3.07. The highest BCUT2D eigenvalue weighted by Crippen LogP contribution is 2.13. The fourth-order valence-electron chi connectivity index (χ4n) is 0.680. The molecule has 1 aromatic heterocycles. The number of aromatic nitrogens is 1. The fourth-order valence-corrected chi connectivity index (χ4v) is 1.60. The number of nitrogens with zero attached hydrogens (tertiary/aromatic N) is 1. The minimum atomic E-state index is -3.19. The zero-order valence-corrected chi connectivity index (χ0v) is 8.68. The molecule has 6 heteroatoms. The molecule has 0 aliphatic rings. The summed E-state index contributed by atoms with van der Waals surface area (Å²) in [5, 5.41) is 0. The number of hydrogen-bond acceptors (Lipinski definition) is 3. The van der Waals surface area contributed by atoms with Crippen LogP contribution in [0, 0.1) is 0 Å². The van der Waals surface area contributed by atoms with Gasteiger partial charge in [-0.1, -0.05) is 0 Å². The highest BCUT2D eigenvalue weighted by Gasteiger charge is 2.01. The summed E-state index contributed by atoms with van der Waals surface area (Å²) >= 11 is 3.12. The molecule has 1 aromatic rings. The quantitative estimate of drug-likeness (QED) is 0.804. The van der Waals surface area contributed by atoms with Crippen molar-refractivity contribution in [3.63, 3.8) is 0 Å². The third kappa shape index (κ3) is 3.19. The van der Waals surface area contributed by atoms with Gasteiger partial charge >= 0.3 is 0 Å². The van der Waals surface area contributed by atoms with Crippen molar-refractivity contribution in [2.45, 2.75) is 0 Å². The molecule has 0 spiro atoms. The Labute approximate surface area is 79.2 Å². The molecule has 1 heterocycles. The predicted octanol–water partition coefficient (Wildman–Crippen LogP) is 1.22. The standard InChI is InChI=1S/C6H7BrN2O2S/c1-12(10,11)9-5-2-3-8-6(7)4-5/h2-4H,1H3,(H,8,9). The average Bonchev–Trinajstić information content (AvgIpc) is 1.82. The van der Waals surface area contributed by atoms with E-state index < -0.39 is 10.0 Å². The lowest BCUT2D eigenvalue weighted by Gasteiger charge is -2.02. The average molecular weight is 251 g/mol. The fraction of sp³-hybridized carbons (Fsp3) is 0.167. The van der Waals surface area contributed by atoms with Crippen LogP contribution in [0.15, 0.2) is 22.9 Å². The maximum atomic E-state index is 10.8. The van der Waals surface area contributed by atoms with Gasteiger partial charge in [0.15, 0.2) is 0 Å². The Bertz CT molecular complexity index is 377. The molecule has 66 valence electrons.